The number of hydrogen-bond acceptors (Lipinski definition) is 7. The van der Waals surface area contributed by atoms with Gasteiger partial charge in [-0.2, -0.15) is 8.42 Å². The maximum Gasteiger partial charge on any atom is 0.358 e. The fourth-order valence-corrected chi connectivity index (χ4v) is 6.91. The van der Waals surface area contributed by atoms with E-state index < -0.39 is 36.3 Å². The molecule has 0 saturated heterocycles. The molecule has 1 aromatic carbocycles. The van der Waals surface area contributed by atoms with Gasteiger partial charge in [-0.25, -0.2) is 0 Å². The van der Waals surface area contributed by atoms with E-state index in [1.165, 1.54) is 17.8 Å². The topological polar surface area (TPSA) is 78.9 Å². The van der Waals surface area contributed by atoms with Gasteiger partial charge in [0.1, 0.15) is 4.90 Å². The molecule has 0 spiro atoms. The molecule has 10 heteroatoms. The molecule has 0 heterocycles. The first-order valence-corrected chi connectivity index (χ1v) is 12.3. The molecule has 0 atom stereocenters. The highest BCUT2D eigenvalue weighted by molar-refractivity contribution is 8.00. The molecule has 0 bridgehead atoms. The van der Waals surface area contributed by atoms with Crippen molar-refractivity contribution in [2.75, 3.05) is 12.1 Å². The Labute approximate surface area is 159 Å². The van der Waals surface area contributed by atoms with Crippen molar-refractivity contribution in [3.8, 4) is 0 Å². The molecule has 0 unspecified atom stereocenters. The summed E-state index contributed by atoms with van der Waals surface area (Å²) in [5.41, 5.74) is 0. The molecule has 6 nitrogen and oxygen atoms in total. The maximum atomic E-state index is 12.7. The van der Waals surface area contributed by atoms with Crippen molar-refractivity contribution >= 4 is 41.1 Å². The molecule has 0 aliphatic heterocycles. The molecule has 0 aliphatic rings. The Morgan fingerprint density at radius 1 is 1.16 bits per heavy atom. The first-order valence-electron chi connectivity index (χ1n) is 7.77. The normalized spacial score (nSPS) is 13.0. The third-order valence-electron chi connectivity index (χ3n) is 2.59. The van der Waals surface area contributed by atoms with E-state index in [0.717, 1.165) is 0 Å². The van der Waals surface area contributed by atoms with Crippen LogP contribution in [0.1, 0.15) is 34.6 Å². The summed E-state index contributed by atoms with van der Waals surface area (Å²) < 4.78 is 53.6. The molecule has 0 fully saturated rings. The lowest BCUT2D eigenvalue weighted by Gasteiger charge is -2.22. The highest BCUT2D eigenvalue weighted by Gasteiger charge is 2.33. The van der Waals surface area contributed by atoms with Crippen molar-refractivity contribution in [1.82, 2.24) is 0 Å². The molecule has 0 saturated carbocycles. The molecule has 1 aromatic rings. The Balaban J connectivity index is 3.10. The van der Waals surface area contributed by atoms with Crippen LogP contribution in [-0.2, 0) is 27.9 Å². The van der Waals surface area contributed by atoms with Gasteiger partial charge in [-0.15, -0.1) is 11.8 Å². The third-order valence-corrected chi connectivity index (χ3v) is 7.56. The largest absolute Gasteiger partial charge is 0.358 e. The average molecular weight is 431 g/mol. The van der Waals surface area contributed by atoms with E-state index >= 15 is 0 Å². The van der Waals surface area contributed by atoms with Crippen molar-refractivity contribution in [2.24, 2.45) is 0 Å². The molecule has 0 N–H and O–H groups in total. The van der Waals surface area contributed by atoms with Gasteiger partial charge in [0, 0.05) is 4.90 Å². The Bertz CT molecular complexity index is 707. The second-order valence-corrected chi connectivity index (χ2v) is 10.8. The van der Waals surface area contributed by atoms with Crippen molar-refractivity contribution in [2.45, 2.75) is 56.6 Å². The molecular weight excluding hydrogens is 407 g/mol. The zero-order valence-electron chi connectivity index (χ0n) is 14.9. The predicted octanol–water partition coefficient (Wildman–Crippen LogP) is 5.16. The Morgan fingerprint density at radius 2 is 1.72 bits per heavy atom. The number of halogens is 1. The lowest BCUT2D eigenvalue weighted by molar-refractivity contribution is 0.129. The van der Waals surface area contributed by atoms with Crippen molar-refractivity contribution in [1.29, 1.82) is 0 Å². The van der Waals surface area contributed by atoms with Gasteiger partial charge in [0.05, 0.1) is 17.2 Å². The van der Waals surface area contributed by atoms with E-state index in [-0.39, 0.29) is 9.92 Å². The van der Waals surface area contributed by atoms with E-state index in [9.17, 15) is 13.0 Å². The maximum absolute atomic E-state index is 12.7. The first-order chi connectivity index (χ1) is 11.5. The molecule has 0 radical (unpaired) electrons. The summed E-state index contributed by atoms with van der Waals surface area (Å²) in [6, 6.07) is 4.77. The van der Waals surface area contributed by atoms with E-state index in [2.05, 4.69) is 0 Å². The van der Waals surface area contributed by atoms with Gasteiger partial charge in [-0.3, -0.25) is 8.75 Å². The van der Waals surface area contributed by atoms with Crippen LogP contribution in [-0.4, -0.2) is 32.7 Å². The minimum Gasteiger partial charge on any atom is -0.304 e. The van der Waals surface area contributed by atoms with Gasteiger partial charge in [0.15, 0.2) is 6.35 Å². The molecule has 0 aromatic heterocycles. The van der Waals surface area contributed by atoms with Gasteiger partial charge in [0.25, 0.3) is 10.1 Å². The smallest absolute Gasteiger partial charge is 0.304 e. The Hall–Kier alpha value is -0.0800. The number of benzene rings is 1. The summed E-state index contributed by atoms with van der Waals surface area (Å²) in [5, 5.41) is 0.0443. The predicted molar refractivity (Wildman–Crippen MR) is 101 cm³/mol. The molecule has 25 heavy (non-hydrogen) atoms. The van der Waals surface area contributed by atoms with Crippen LogP contribution in [0.2, 0.25) is 5.02 Å². The highest BCUT2D eigenvalue weighted by atomic mass is 35.5. The van der Waals surface area contributed by atoms with E-state index in [0.29, 0.717) is 10.6 Å². The van der Waals surface area contributed by atoms with Gasteiger partial charge in [-0.05, 0) is 45.6 Å². The second kappa shape index (κ2) is 9.74. The summed E-state index contributed by atoms with van der Waals surface area (Å²) in [4.78, 5) is 0.337. The van der Waals surface area contributed by atoms with E-state index in [1.807, 2.05) is 6.92 Å². The molecule has 1 rings (SSSR count). The second-order valence-electron chi connectivity index (χ2n) is 5.62. The monoisotopic (exact) mass is 430 g/mol. The first kappa shape index (κ1) is 23.0. The summed E-state index contributed by atoms with van der Waals surface area (Å²) in [6.45, 7) is 8.59. The van der Waals surface area contributed by atoms with Gasteiger partial charge < -0.3 is 9.05 Å². The van der Waals surface area contributed by atoms with Crippen LogP contribution in [0.15, 0.2) is 28.0 Å². The van der Waals surface area contributed by atoms with E-state index in [1.54, 1.807) is 39.8 Å². The van der Waals surface area contributed by atoms with Crippen LogP contribution in [0.4, 0.5) is 0 Å². The van der Waals surface area contributed by atoms with Gasteiger partial charge in [-0.1, -0.05) is 24.6 Å². The zero-order valence-corrected chi connectivity index (χ0v) is 18.2. The fourth-order valence-electron chi connectivity index (χ4n) is 1.92. The standard InChI is InChI=1S/C15H24ClO6PS2/c1-6-24-14-9-7-8-13(16)15(14)25(18,19)20-10-23(17,21-11(2)3)22-12(4)5/h7-9,11-12H,6,10H2,1-5H3. The zero-order chi connectivity index (χ0) is 19.3. The summed E-state index contributed by atoms with van der Waals surface area (Å²) in [7, 11) is -7.98. The third kappa shape index (κ3) is 7.21. The van der Waals surface area contributed by atoms with Gasteiger partial charge >= 0.3 is 7.60 Å². The lowest BCUT2D eigenvalue weighted by Crippen LogP contribution is -2.15. The van der Waals surface area contributed by atoms with E-state index in [4.69, 9.17) is 24.8 Å². The number of thioether (sulfide) groups is 1. The summed E-state index contributed by atoms with van der Waals surface area (Å²) in [6.07, 6.45) is -1.54. The highest BCUT2D eigenvalue weighted by Crippen LogP contribution is 2.51. The number of rotatable bonds is 10. The van der Waals surface area contributed by atoms with Crippen molar-refractivity contribution in [3.63, 3.8) is 0 Å². The van der Waals surface area contributed by atoms with Crippen molar-refractivity contribution < 1.29 is 26.2 Å². The van der Waals surface area contributed by atoms with Crippen LogP contribution in [0.25, 0.3) is 0 Å². The lowest BCUT2D eigenvalue weighted by atomic mass is 10.4. The Morgan fingerprint density at radius 3 is 2.20 bits per heavy atom. The average Bonchev–Trinajstić information content (AvgIpc) is 2.44. The minimum absolute atomic E-state index is 0.0443. The quantitative estimate of drug-likeness (QED) is 0.288. The molecular formula is C15H24ClO6PS2. The molecule has 144 valence electrons. The van der Waals surface area contributed by atoms with Crippen molar-refractivity contribution in [3.05, 3.63) is 23.2 Å². The molecule has 0 amide bonds. The molecule has 0 aliphatic carbocycles. The summed E-state index contributed by atoms with van der Waals surface area (Å²) >= 11 is 7.39. The van der Waals surface area contributed by atoms with Gasteiger partial charge in [0.2, 0.25) is 0 Å². The van der Waals surface area contributed by atoms with Crippen LogP contribution in [0.3, 0.4) is 0 Å². The Kier molecular flexibility index (Phi) is 8.94. The fraction of sp³-hybridized carbons (Fsp3) is 0.600. The summed E-state index contributed by atoms with van der Waals surface area (Å²) in [5.74, 6) is 0.661. The minimum atomic E-state index is -4.23. The van der Waals surface area contributed by atoms with Crippen LogP contribution < -0.4 is 0 Å². The van der Waals surface area contributed by atoms with Crippen LogP contribution >= 0.6 is 31.0 Å². The van der Waals surface area contributed by atoms with Crippen LogP contribution in [0, 0.1) is 0 Å². The van der Waals surface area contributed by atoms with Crippen LogP contribution in [0.5, 0.6) is 0 Å². The SMILES string of the molecule is CCSc1cccc(Cl)c1S(=O)(=O)OCP(=O)(OC(C)C)OC(C)C. The number of hydrogen-bond donors (Lipinski definition) is 0.